The summed E-state index contributed by atoms with van der Waals surface area (Å²) in [5, 5.41) is 0.488. The molecule has 1 amide bonds. The first-order chi connectivity index (χ1) is 13.7. The van der Waals surface area contributed by atoms with E-state index >= 15 is 0 Å². The summed E-state index contributed by atoms with van der Waals surface area (Å²) in [4.78, 5) is 18.3. The summed E-state index contributed by atoms with van der Waals surface area (Å²) in [6, 6.07) is 11.1. The Labute approximate surface area is 185 Å². The molecule has 2 unspecified atom stereocenters. The topological polar surface area (TPSA) is 66.8 Å². The van der Waals surface area contributed by atoms with Crippen molar-refractivity contribution in [3.8, 4) is 0 Å². The van der Waals surface area contributed by atoms with Gasteiger partial charge in [0.2, 0.25) is 0 Å². The maximum absolute atomic E-state index is 14.7. The fraction of sp³-hybridized carbons (Fsp3) is 0.263. The van der Waals surface area contributed by atoms with Gasteiger partial charge in [0.25, 0.3) is 5.91 Å². The van der Waals surface area contributed by atoms with E-state index in [4.69, 9.17) is 11.6 Å². The van der Waals surface area contributed by atoms with Crippen molar-refractivity contribution in [3.05, 3.63) is 63.3 Å². The second-order valence-corrected chi connectivity index (χ2v) is 11.5. The number of anilines is 1. The highest BCUT2D eigenvalue weighted by molar-refractivity contribution is 9.10. The number of amidine groups is 1. The van der Waals surface area contributed by atoms with Crippen LogP contribution in [-0.4, -0.2) is 42.3 Å². The predicted octanol–water partition coefficient (Wildman–Crippen LogP) is 4.09. The van der Waals surface area contributed by atoms with Gasteiger partial charge >= 0.3 is 0 Å². The Morgan fingerprint density at radius 2 is 2.03 bits per heavy atom. The lowest BCUT2D eigenvalue weighted by atomic mass is 10.1. The fourth-order valence-corrected chi connectivity index (χ4v) is 7.93. The zero-order valence-corrected chi connectivity index (χ0v) is 18.9. The molecular formula is C19H15BrClFN2O3S2. The minimum absolute atomic E-state index is 0.00796. The lowest BCUT2D eigenvalue weighted by Gasteiger charge is -2.25. The molecule has 2 atom stereocenters. The number of thioether (sulfide) groups is 1. The monoisotopic (exact) mass is 516 g/mol. The molecule has 0 N–H and O–H groups in total. The Kier molecular flexibility index (Phi) is 5.76. The SMILES string of the molecule is O=C(Cc1ccccc1Cl)N=C1SC2CS(=O)(=O)CC2N1c1ccc(Br)cc1F. The van der Waals surface area contributed by atoms with Crippen LogP contribution in [0.1, 0.15) is 5.56 Å². The van der Waals surface area contributed by atoms with Gasteiger partial charge in [0, 0.05) is 14.7 Å². The third-order valence-electron chi connectivity index (χ3n) is 4.76. The quantitative estimate of drug-likeness (QED) is 0.614. The van der Waals surface area contributed by atoms with Gasteiger partial charge in [-0.3, -0.25) is 4.79 Å². The van der Waals surface area contributed by atoms with Crippen LogP contribution in [0, 0.1) is 5.82 Å². The van der Waals surface area contributed by atoms with E-state index in [0.717, 1.165) is 0 Å². The van der Waals surface area contributed by atoms with Gasteiger partial charge < -0.3 is 4.90 Å². The molecule has 2 heterocycles. The van der Waals surface area contributed by atoms with E-state index in [2.05, 4.69) is 20.9 Å². The second kappa shape index (κ2) is 8.02. The zero-order valence-electron chi connectivity index (χ0n) is 14.9. The molecule has 10 heteroatoms. The molecule has 0 aromatic heterocycles. The number of benzene rings is 2. The van der Waals surface area contributed by atoms with Crippen molar-refractivity contribution < 1.29 is 17.6 Å². The number of hydrogen-bond acceptors (Lipinski definition) is 4. The van der Waals surface area contributed by atoms with Crippen LogP contribution in [0.4, 0.5) is 10.1 Å². The first-order valence-corrected chi connectivity index (χ1v) is 12.6. The van der Waals surface area contributed by atoms with Crippen molar-refractivity contribution in [2.24, 2.45) is 4.99 Å². The number of sulfone groups is 1. The maximum atomic E-state index is 14.7. The number of halogens is 3. The summed E-state index contributed by atoms with van der Waals surface area (Å²) in [5.74, 6) is -1.06. The van der Waals surface area contributed by atoms with Gasteiger partial charge in [-0.1, -0.05) is 57.5 Å². The Morgan fingerprint density at radius 3 is 2.76 bits per heavy atom. The van der Waals surface area contributed by atoms with Crippen molar-refractivity contribution in [3.63, 3.8) is 0 Å². The van der Waals surface area contributed by atoms with Gasteiger partial charge in [-0.2, -0.15) is 4.99 Å². The summed E-state index contributed by atoms with van der Waals surface area (Å²) in [7, 11) is -3.23. The van der Waals surface area contributed by atoms with Gasteiger partial charge in [-0.15, -0.1) is 0 Å². The highest BCUT2D eigenvalue weighted by Crippen LogP contribution is 2.42. The van der Waals surface area contributed by atoms with Crippen LogP contribution in [0.2, 0.25) is 5.02 Å². The fourth-order valence-electron chi connectivity index (χ4n) is 3.47. The van der Waals surface area contributed by atoms with E-state index in [-0.39, 0.29) is 28.9 Å². The minimum atomic E-state index is -3.23. The van der Waals surface area contributed by atoms with Gasteiger partial charge in [0.15, 0.2) is 15.0 Å². The van der Waals surface area contributed by atoms with Gasteiger partial charge in [-0.25, -0.2) is 12.8 Å². The number of amides is 1. The van der Waals surface area contributed by atoms with Crippen LogP contribution in [-0.2, 0) is 21.1 Å². The number of rotatable bonds is 3. The highest BCUT2D eigenvalue weighted by Gasteiger charge is 2.50. The van der Waals surface area contributed by atoms with Crippen LogP contribution in [0.15, 0.2) is 51.9 Å². The molecule has 0 bridgehead atoms. The van der Waals surface area contributed by atoms with Crippen LogP contribution in [0.5, 0.6) is 0 Å². The Morgan fingerprint density at radius 1 is 1.28 bits per heavy atom. The van der Waals surface area contributed by atoms with E-state index in [1.165, 1.54) is 17.8 Å². The smallest absolute Gasteiger partial charge is 0.252 e. The van der Waals surface area contributed by atoms with Crippen LogP contribution >= 0.6 is 39.3 Å². The number of aliphatic imine (C=N–C) groups is 1. The van der Waals surface area contributed by atoms with Crippen molar-refractivity contribution in [2.75, 3.05) is 16.4 Å². The largest absolute Gasteiger partial charge is 0.313 e. The van der Waals surface area contributed by atoms with Crippen molar-refractivity contribution in [1.29, 1.82) is 0 Å². The molecular weight excluding hydrogens is 503 g/mol. The number of carbonyl (C=O) groups excluding carboxylic acids is 1. The van der Waals surface area contributed by atoms with Crippen molar-refractivity contribution in [2.45, 2.75) is 17.7 Å². The van der Waals surface area contributed by atoms with E-state index in [1.807, 2.05) is 0 Å². The zero-order chi connectivity index (χ0) is 20.8. The second-order valence-electron chi connectivity index (χ2n) is 6.82. The lowest BCUT2D eigenvalue weighted by Crippen LogP contribution is -2.38. The number of carbonyl (C=O) groups is 1. The molecule has 0 radical (unpaired) electrons. The van der Waals surface area contributed by atoms with Gasteiger partial charge in [0.1, 0.15) is 5.82 Å². The maximum Gasteiger partial charge on any atom is 0.252 e. The first-order valence-electron chi connectivity index (χ1n) is 8.70. The van der Waals surface area contributed by atoms with E-state index in [1.54, 1.807) is 41.3 Å². The van der Waals surface area contributed by atoms with Gasteiger partial charge in [0.05, 0.1) is 29.7 Å². The molecule has 29 heavy (non-hydrogen) atoms. The molecule has 2 saturated heterocycles. The van der Waals surface area contributed by atoms with Crippen LogP contribution in [0.3, 0.4) is 0 Å². The van der Waals surface area contributed by atoms with E-state index < -0.39 is 27.6 Å². The molecule has 0 spiro atoms. The standard InChI is InChI=1S/C19H15BrClFN2O3S2/c20-12-5-6-15(14(22)8-12)24-16-9-29(26,27)10-17(16)28-19(24)23-18(25)7-11-3-1-2-4-13(11)21/h1-6,8,16-17H,7,9-10H2. The lowest BCUT2D eigenvalue weighted by molar-refractivity contribution is -0.117. The number of hydrogen-bond donors (Lipinski definition) is 0. The predicted molar refractivity (Wildman–Crippen MR) is 118 cm³/mol. The Balaban J connectivity index is 1.68. The summed E-state index contributed by atoms with van der Waals surface area (Å²) in [6.07, 6.45) is 0.00796. The van der Waals surface area contributed by atoms with Crippen LogP contribution < -0.4 is 4.90 Å². The van der Waals surface area contributed by atoms with Crippen LogP contribution in [0.25, 0.3) is 0 Å². The molecule has 4 rings (SSSR count). The third-order valence-corrected chi connectivity index (χ3v) is 8.83. The number of fused-ring (bicyclic) bond motifs is 1. The molecule has 2 aromatic rings. The highest BCUT2D eigenvalue weighted by atomic mass is 79.9. The van der Waals surface area contributed by atoms with Gasteiger partial charge in [-0.05, 0) is 29.8 Å². The Hall–Kier alpha value is -1.42. The molecule has 2 fully saturated rings. The summed E-state index contributed by atoms with van der Waals surface area (Å²) < 4.78 is 39.4. The molecule has 2 aromatic carbocycles. The first kappa shape index (κ1) is 20.8. The normalized spacial score (nSPS) is 24.1. The molecule has 152 valence electrons. The summed E-state index contributed by atoms with van der Waals surface area (Å²) in [6.45, 7) is 0. The van der Waals surface area contributed by atoms with Crippen molar-refractivity contribution >= 4 is 65.9 Å². The third kappa shape index (κ3) is 4.38. The minimum Gasteiger partial charge on any atom is -0.313 e. The Bertz CT molecular complexity index is 1130. The van der Waals surface area contributed by atoms with E-state index in [9.17, 15) is 17.6 Å². The molecule has 2 aliphatic heterocycles. The molecule has 0 aliphatic carbocycles. The average molecular weight is 518 g/mol. The molecule has 5 nitrogen and oxygen atoms in total. The summed E-state index contributed by atoms with van der Waals surface area (Å²) in [5.41, 5.74) is 0.852. The average Bonchev–Trinajstić information content (AvgIpc) is 3.08. The molecule has 0 saturated carbocycles. The number of nitrogens with zero attached hydrogens (tertiary/aromatic N) is 2. The molecule has 2 aliphatic rings. The van der Waals surface area contributed by atoms with Crippen molar-refractivity contribution in [1.82, 2.24) is 0 Å². The summed E-state index contributed by atoms with van der Waals surface area (Å²) >= 11 is 10.5. The van der Waals surface area contributed by atoms with E-state index in [0.29, 0.717) is 20.2 Å².